The zero-order valence-corrected chi connectivity index (χ0v) is 12.7. The maximum atomic E-state index is 11.7. The second-order valence-electron chi connectivity index (χ2n) is 4.63. The first-order chi connectivity index (χ1) is 9.58. The van der Waals surface area contributed by atoms with Gasteiger partial charge in [-0.15, -0.1) is 0 Å². The minimum absolute atomic E-state index is 0.0797. The highest BCUT2D eigenvalue weighted by Gasteiger charge is 2.20. The third kappa shape index (κ3) is 3.98. The highest BCUT2D eigenvalue weighted by Crippen LogP contribution is 2.23. The zero-order chi connectivity index (χ0) is 14.5. The van der Waals surface area contributed by atoms with E-state index in [0.717, 1.165) is 0 Å². The number of rotatable bonds is 3. The molecule has 0 aromatic rings. The molecular weight excluding hydrogens is 301 g/mol. The van der Waals surface area contributed by atoms with Crippen LogP contribution >= 0.6 is 23.2 Å². The Morgan fingerprint density at radius 1 is 1.45 bits per heavy atom. The number of carbonyl (C=O) groups excluding carboxylic acids is 1. The number of nitrogens with zero attached hydrogens (tertiary/aromatic N) is 2. The fourth-order valence-electron chi connectivity index (χ4n) is 2.03. The van der Waals surface area contributed by atoms with Crippen molar-refractivity contribution < 1.29 is 9.53 Å². The van der Waals surface area contributed by atoms with Gasteiger partial charge in [0, 0.05) is 30.1 Å². The van der Waals surface area contributed by atoms with Gasteiger partial charge in [0.2, 0.25) is 0 Å². The summed E-state index contributed by atoms with van der Waals surface area (Å²) >= 11 is 12.0. The second-order valence-corrected chi connectivity index (χ2v) is 5.50. The molecule has 2 aliphatic rings. The Bertz CT molecular complexity index is 468. The molecule has 1 heterocycles. The van der Waals surface area contributed by atoms with Crippen LogP contribution in [0.25, 0.3) is 0 Å². The first-order valence-electron chi connectivity index (χ1n) is 6.47. The molecule has 1 aliphatic carbocycles. The highest BCUT2D eigenvalue weighted by molar-refractivity contribution is 6.38. The number of hydrogen-bond donors (Lipinski definition) is 1. The molecule has 1 atom stereocenters. The summed E-state index contributed by atoms with van der Waals surface area (Å²) in [5.74, 6) is 0.335. The van der Waals surface area contributed by atoms with Crippen molar-refractivity contribution in [2.45, 2.75) is 19.4 Å². The minimum Gasteiger partial charge on any atom is -0.378 e. The number of hydrazone groups is 1. The van der Waals surface area contributed by atoms with E-state index in [4.69, 9.17) is 27.9 Å². The van der Waals surface area contributed by atoms with Crippen LogP contribution in [0.3, 0.4) is 0 Å². The van der Waals surface area contributed by atoms with E-state index in [9.17, 15) is 4.79 Å². The quantitative estimate of drug-likeness (QED) is 0.490. The summed E-state index contributed by atoms with van der Waals surface area (Å²) in [4.78, 5) is 13.6. The fraction of sp³-hybridized carbons (Fsp3) is 0.538. The SMILES string of the molecule is CC(=O)/C(=N/NC1CC=C(Cl)C=C1Cl)N1CCOCC1. The molecule has 0 saturated carbocycles. The average Bonchev–Trinajstić information content (AvgIpc) is 2.42. The molecule has 5 nitrogen and oxygen atoms in total. The molecule has 2 rings (SSSR count). The van der Waals surface area contributed by atoms with Gasteiger partial charge in [0.15, 0.2) is 11.6 Å². The molecule has 1 fully saturated rings. The Balaban J connectivity index is 2.03. The smallest absolute Gasteiger partial charge is 0.196 e. The van der Waals surface area contributed by atoms with Crippen molar-refractivity contribution in [3.05, 3.63) is 22.2 Å². The van der Waals surface area contributed by atoms with Crippen LogP contribution in [0.1, 0.15) is 13.3 Å². The fourth-order valence-corrected chi connectivity index (χ4v) is 2.55. The average molecular weight is 318 g/mol. The topological polar surface area (TPSA) is 53.9 Å². The normalized spacial score (nSPS) is 24.1. The van der Waals surface area contributed by atoms with E-state index in [2.05, 4.69) is 10.5 Å². The molecule has 7 heteroatoms. The van der Waals surface area contributed by atoms with Gasteiger partial charge in [0.25, 0.3) is 0 Å². The van der Waals surface area contributed by atoms with Crippen LogP contribution < -0.4 is 5.43 Å². The van der Waals surface area contributed by atoms with Crippen molar-refractivity contribution >= 4 is 34.8 Å². The lowest BCUT2D eigenvalue weighted by atomic mass is 10.1. The molecule has 0 bridgehead atoms. The van der Waals surface area contributed by atoms with Gasteiger partial charge < -0.3 is 9.64 Å². The van der Waals surface area contributed by atoms with Gasteiger partial charge in [-0.05, 0) is 12.5 Å². The Morgan fingerprint density at radius 3 is 2.75 bits per heavy atom. The lowest BCUT2D eigenvalue weighted by Crippen LogP contribution is -2.45. The van der Waals surface area contributed by atoms with E-state index in [1.165, 1.54) is 6.92 Å². The lowest BCUT2D eigenvalue weighted by molar-refractivity contribution is -0.112. The first kappa shape index (κ1) is 15.4. The third-order valence-corrected chi connectivity index (χ3v) is 3.74. The number of morpholine rings is 1. The number of ketones is 1. The number of nitrogens with one attached hydrogen (secondary N) is 1. The number of allylic oxidation sites excluding steroid dienone is 2. The van der Waals surface area contributed by atoms with Crippen LogP contribution in [-0.2, 0) is 9.53 Å². The number of hydrogen-bond acceptors (Lipinski definition) is 4. The van der Waals surface area contributed by atoms with Gasteiger partial charge in [0.05, 0.1) is 19.3 Å². The van der Waals surface area contributed by atoms with E-state index >= 15 is 0 Å². The van der Waals surface area contributed by atoms with Crippen LogP contribution in [0.15, 0.2) is 27.3 Å². The molecule has 0 amide bonds. The molecule has 1 saturated heterocycles. The summed E-state index contributed by atoms with van der Waals surface area (Å²) in [6, 6.07) is -0.144. The third-order valence-electron chi connectivity index (χ3n) is 3.11. The molecule has 20 heavy (non-hydrogen) atoms. The summed E-state index contributed by atoms with van der Waals surface area (Å²) in [5, 5.41) is 5.45. The maximum Gasteiger partial charge on any atom is 0.196 e. The molecular formula is C13H17Cl2N3O2. The number of Topliss-reactive ketones (excluding diaryl/α,β-unsaturated/α-hetero) is 1. The predicted octanol–water partition coefficient (Wildman–Crippen LogP) is 1.83. The number of amidine groups is 1. The van der Waals surface area contributed by atoms with Gasteiger partial charge >= 0.3 is 0 Å². The minimum atomic E-state index is -0.144. The number of carbonyl (C=O) groups is 1. The van der Waals surface area contributed by atoms with Gasteiger partial charge in [0.1, 0.15) is 0 Å². The summed E-state index contributed by atoms with van der Waals surface area (Å²) in [6.07, 6.45) is 4.19. The van der Waals surface area contributed by atoms with Crippen molar-refractivity contribution in [1.82, 2.24) is 10.3 Å². The van der Waals surface area contributed by atoms with Crippen molar-refractivity contribution in [1.29, 1.82) is 0 Å². The van der Waals surface area contributed by atoms with Crippen LogP contribution in [0.4, 0.5) is 0 Å². The summed E-state index contributed by atoms with van der Waals surface area (Å²) in [7, 11) is 0. The number of halogens is 2. The standard InChI is InChI=1S/C13H17Cl2N3O2/c1-9(19)13(18-4-6-20-7-5-18)17-16-12-3-2-10(14)8-11(12)15/h2,8,12,16H,3-7H2,1H3/b17-13-. The first-order valence-corrected chi connectivity index (χ1v) is 7.23. The molecule has 110 valence electrons. The molecule has 0 aromatic carbocycles. The van der Waals surface area contributed by atoms with E-state index in [-0.39, 0.29) is 11.8 Å². The van der Waals surface area contributed by atoms with E-state index in [1.54, 1.807) is 6.08 Å². The Labute approximate surface area is 128 Å². The predicted molar refractivity (Wildman–Crippen MR) is 79.9 cm³/mol. The van der Waals surface area contributed by atoms with Crippen LogP contribution in [0.2, 0.25) is 0 Å². The molecule has 0 radical (unpaired) electrons. The number of ether oxygens (including phenoxy) is 1. The van der Waals surface area contributed by atoms with Gasteiger partial charge in [-0.25, -0.2) is 0 Å². The van der Waals surface area contributed by atoms with Gasteiger partial charge in [-0.2, -0.15) is 5.10 Å². The summed E-state index contributed by atoms with van der Waals surface area (Å²) in [5.41, 5.74) is 2.95. The van der Waals surface area contributed by atoms with Gasteiger partial charge in [-0.3, -0.25) is 10.2 Å². The monoisotopic (exact) mass is 317 g/mol. The van der Waals surface area contributed by atoms with Crippen molar-refractivity contribution in [3.8, 4) is 0 Å². The van der Waals surface area contributed by atoms with Crippen molar-refractivity contribution in [2.24, 2.45) is 5.10 Å². The Morgan fingerprint density at radius 2 is 2.15 bits per heavy atom. The van der Waals surface area contributed by atoms with Crippen molar-refractivity contribution in [2.75, 3.05) is 26.3 Å². The van der Waals surface area contributed by atoms with Crippen LogP contribution in [0.5, 0.6) is 0 Å². The van der Waals surface area contributed by atoms with E-state index < -0.39 is 0 Å². The Hall–Kier alpha value is -1.04. The van der Waals surface area contributed by atoms with Crippen LogP contribution in [0, 0.1) is 0 Å². The van der Waals surface area contributed by atoms with Crippen molar-refractivity contribution in [3.63, 3.8) is 0 Å². The second kappa shape index (κ2) is 7.11. The summed E-state index contributed by atoms with van der Waals surface area (Å²) in [6.45, 7) is 4.05. The molecule has 1 N–H and O–H groups in total. The molecule has 0 spiro atoms. The highest BCUT2D eigenvalue weighted by atomic mass is 35.5. The van der Waals surface area contributed by atoms with E-state index in [0.29, 0.717) is 48.6 Å². The molecule has 1 aliphatic heterocycles. The van der Waals surface area contributed by atoms with E-state index in [1.807, 2.05) is 11.0 Å². The maximum absolute atomic E-state index is 11.7. The zero-order valence-electron chi connectivity index (χ0n) is 11.2. The largest absolute Gasteiger partial charge is 0.378 e. The summed E-state index contributed by atoms with van der Waals surface area (Å²) < 4.78 is 5.27. The molecule has 1 unspecified atom stereocenters. The molecule has 0 aromatic heterocycles. The Kier molecular flexibility index (Phi) is 5.46. The lowest BCUT2D eigenvalue weighted by Gasteiger charge is -2.29. The van der Waals surface area contributed by atoms with Crippen LogP contribution in [-0.4, -0.2) is 48.9 Å². The van der Waals surface area contributed by atoms with Gasteiger partial charge in [-0.1, -0.05) is 29.3 Å².